The van der Waals surface area contributed by atoms with Gasteiger partial charge in [-0.2, -0.15) is 0 Å². The quantitative estimate of drug-likeness (QED) is 0.184. The molecule has 0 aliphatic heterocycles. The summed E-state index contributed by atoms with van der Waals surface area (Å²) in [6, 6.07) is 8.04. The van der Waals surface area contributed by atoms with Gasteiger partial charge in [-0.3, -0.25) is 0 Å². The second kappa shape index (κ2) is 13.2. The third kappa shape index (κ3) is 7.28. The van der Waals surface area contributed by atoms with E-state index in [9.17, 15) is 4.79 Å². The fourth-order valence-corrected chi connectivity index (χ4v) is 18.8. The molecule has 1 rings (SSSR count). The van der Waals surface area contributed by atoms with Crippen molar-refractivity contribution in [1.82, 2.24) is 0 Å². The predicted molar refractivity (Wildman–Crippen MR) is 114 cm³/mol. The van der Waals surface area contributed by atoms with Crippen LogP contribution in [-0.4, -0.2) is 31.6 Å². The Morgan fingerprint density at radius 3 is 1.88 bits per heavy atom. The van der Waals surface area contributed by atoms with Gasteiger partial charge in [-0.15, -0.1) is 0 Å². The van der Waals surface area contributed by atoms with Crippen molar-refractivity contribution in [3.05, 3.63) is 33.5 Å². The zero-order chi connectivity index (χ0) is 19.3. The van der Waals surface area contributed by atoms with Crippen LogP contribution < -0.4 is 4.74 Å². The monoisotopic (exact) mass is 465 g/mol. The predicted octanol–water partition coefficient (Wildman–Crippen LogP) is 6.76. The first-order chi connectivity index (χ1) is 12.7. The van der Waals surface area contributed by atoms with Crippen molar-refractivity contribution in [2.24, 2.45) is 4.99 Å². The summed E-state index contributed by atoms with van der Waals surface area (Å²) in [6.45, 7) is 6.77. The fourth-order valence-electron chi connectivity index (χ4n) is 3.52. The van der Waals surface area contributed by atoms with Crippen molar-refractivity contribution < 1.29 is 9.53 Å². The van der Waals surface area contributed by atoms with E-state index in [2.05, 4.69) is 44.0 Å². The Balaban J connectivity index is 3.33. The summed E-state index contributed by atoms with van der Waals surface area (Å²) in [7, 11) is 1.68. The van der Waals surface area contributed by atoms with Crippen molar-refractivity contribution in [3.63, 3.8) is 0 Å². The molecule has 0 fully saturated rings. The first-order valence-electron chi connectivity index (χ1n) is 10.1. The number of ether oxygens (including phenoxy) is 1. The molecule has 0 bridgehead atoms. The van der Waals surface area contributed by atoms with E-state index in [0.29, 0.717) is 0 Å². The van der Waals surface area contributed by atoms with Gasteiger partial charge in [-0.25, -0.2) is 0 Å². The Morgan fingerprint density at radius 2 is 1.50 bits per heavy atom. The molecule has 0 radical (unpaired) electrons. The number of carbonyl (C=O) groups excluding carboxylic acids is 1. The molecule has 0 atom stereocenters. The molecule has 1 aromatic rings. The molecule has 0 amide bonds. The number of isocyanates is 1. The molecular formula is C22H35NO2Sn. The van der Waals surface area contributed by atoms with Crippen molar-refractivity contribution >= 4 is 30.5 Å². The fraction of sp³-hybridized carbons (Fsp3) is 0.591. The zero-order valence-electron chi connectivity index (χ0n) is 17.0. The Kier molecular flexibility index (Phi) is 11.6. The number of methoxy groups -OCH3 is 1. The molecule has 0 aliphatic carbocycles. The van der Waals surface area contributed by atoms with Crippen LogP contribution in [0.3, 0.4) is 0 Å². The number of benzene rings is 1. The van der Waals surface area contributed by atoms with Crippen LogP contribution >= 0.6 is 0 Å². The van der Waals surface area contributed by atoms with Gasteiger partial charge in [0.15, 0.2) is 0 Å². The van der Waals surface area contributed by atoms with Crippen molar-refractivity contribution in [2.75, 3.05) is 7.11 Å². The standard InChI is InChI=1S/C10H8NO2.3C4H9.Sn/c1-13-10-4-2-9(3-5-10)6-7-11-8-12;3*1-3-4-2;/h2-6H,1H3;3*1,3-4H2,2H3;. The van der Waals surface area contributed by atoms with Gasteiger partial charge < -0.3 is 0 Å². The molecular weight excluding hydrogens is 429 g/mol. The number of rotatable bonds is 13. The molecule has 144 valence electrons. The van der Waals surface area contributed by atoms with Crippen LogP contribution in [0.15, 0.2) is 33.0 Å². The van der Waals surface area contributed by atoms with E-state index in [1.807, 2.05) is 18.2 Å². The van der Waals surface area contributed by atoms with Gasteiger partial charge in [0.1, 0.15) is 0 Å². The van der Waals surface area contributed by atoms with E-state index >= 15 is 0 Å². The first-order valence-corrected chi connectivity index (χ1v) is 17.6. The minimum absolute atomic E-state index is 0.848. The summed E-state index contributed by atoms with van der Waals surface area (Å²) in [5, 5.41) is 0. The molecule has 26 heavy (non-hydrogen) atoms. The average Bonchev–Trinajstić information content (AvgIpc) is 2.68. The Morgan fingerprint density at radius 1 is 1.00 bits per heavy atom. The van der Waals surface area contributed by atoms with E-state index in [-0.39, 0.29) is 0 Å². The van der Waals surface area contributed by atoms with Gasteiger partial charge in [0.2, 0.25) is 0 Å². The molecule has 0 heterocycles. The Labute approximate surface area is 163 Å². The summed E-state index contributed by atoms with van der Waals surface area (Å²) in [5.41, 5.74) is 1.10. The average molecular weight is 464 g/mol. The Hall–Kier alpha value is -1.06. The third-order valence-corrected chi connectivity index (χ3v) is 20.2. The normalized spacial score (nSPS) is 11.9. The van der Waals surface area contributed by atoms with Crippen molar-refractivity contribution in [2.45, 2.75) is 72.6 Å². The number of hydrogen-bond acceptors (Lipinski definition) is 3. The maximum atomic E-state index is 11.3. The molecule has 4 heteroatoms. The molecule has 0 unspecified atom stereocenters. The van der Waals surface area contributed by atoms with Crippen LogP contribution in [0.2, 0.25) is 13.3 Å². The van der Waals surface area contributed by atoms with Gasteiger partial charge in [0.05, 0.1) is 0 Å². The van der Waals surface area contributed by atoms with Gasteiger partial charge in [-0.05, 0) is 0 Å². The number of aliphatic imine (C=N–C) groups is 1. The van der Waals surface area contributed by atoms with Gasteiger partial charge in [-0.1, -0.05) is 0 Å². The van der Waals surface area contributed by atoms with E-state index in [0.717, 1.165) is 15.0 Å². The summed E-state index contributed by atoms with van der Waals surface area (Å²) in [6.07, 6.45) is 11.4. The van der Waals surface area contributed by atoms with Gasteiger partial charge >= 0.3 is 164 Å². The van der Waals surface area contributed by atoms with E-state index in [4.69, 9.17) is 4.74 Å². The maximum absolute atomic E-state index is 11.3. The van der Waals surface area contributed by atoms with Crippen LogP contribution in [0.5, 0.6) is 5.75 Å². The van der Waals surface area contributed by atoms with Crippen LogP contribution in [-0.2, 0) is 4.79 Å². The van der Waals surface area contributed by atoms with Crippen LogP contribution in [0.1, 0.15) is 64.9 Å². The van der Waals surface area contributed by atoms with Crippen LogP contribution in [0.4, 0.5) is 0 Å². The molecule has 0 saturated heterocycles. The van der Waals surface area contributed by atoms with Gasteiger partial charge in [0, 0.05) is 0 Å². The van der Waals surface area contributed by atoms with E-state index in [1.54, 1.807) is 7.11 Å². The molecule has 0 aliphatic rings. The van der Waals surface area contributed by atoms with E-state index < -0.39 is 18.4 Å². The van der Waals surface area contributed by atoms with E-state index in [1.165, 1.54) is 51.8 Å². The zero-order valence-corrected chi connectivity index (χ0v) is 19.9. The van der Waals surface area contributed by atoms with Crippen LogP contribution in [0, 0.1) is 0 Å². The van der Waals surface area contributed by atoms with Gasteiger partial charge in [0.25, 0.3) is 0 Å². The summed E-state index contributed by atoms with van der Waals surface area (Å²) < 4.78 is 10.2. The first kappa shape index (κ1) is 23.0. The molecule has 0 aromatic heterocycles. The molecule has 0 N–H and O–H groups in total. The third-order valence-electron chi connectivity index (χ3n) is 5.16. The molecule has 0 saturated carbocycles. The topological polar surface area (TPSA) is 38.7 Å². The number of hydrogen-bond donors (Lipinski definition) is 0. The molecule has 1 aromatic carbocycles. The summed E-state index contributed by atoms with van der Waals surface area (Å²) in [4.78, 5) is 15.6. The van der Waals surface area contributed by atoms with Crippen molar-refractivity contribution in [3.8, 4) is 5.75 Å². The second-order valence-corrected chi connectivity index (χ2v) is 20.1. The summed E-state index contributed by atoms with van der Waals surface area (Å²) >= 11 is -2.73. The van der Waals surface area contributed by atoms with Crippen LogP contribution in [0.25, 0.3) is 6.08 Å². The minimum atomic E-state index is -2.73. The molecule has 0 spiro atoms. The Bertz CT molecular complexity index is 567. The number of unbranched alkanes of at least 4 members (excludes halogenated alkanes) is 3. The number of nitrogens with zero attached hydrogens (tertiary/aromatic N) is 1. The molecule has 3 nitrogen and oxygen atoms in total. The van der Waals surface area contributed by atoms with Crippen molar-refractivity contribution in [1.29, 1.82) is 0 Å². The summed E-state index contributed by atoms with van der Waals surface area (Å²) in [5.74, 6) is 0.848. The second-order valence-electron chi connectivity index (χ2n) is 7.10. The SMILES string of the molecule is CCC[CH2][Sn]([CH2]CCC)([CH2]CCC)/[C](=C\c1ccc(OC)cc1)N=C=O.